The van der Waals surface area contributed by atoms with Gasteiger partial charge in [0.1, 0.15) is 17.4 Å². The molecule has 1 N–H and O–H groups in total. The molecule has 0 unspecified atom stereocenters. The van der Waals surface area contributed by atoms with Crippen LogP contribution in [0.4, 0.5) is 5.82 Å². The van der Waals surface area contributed by atoms with Crippen LogP contribution in [-0.2, 0) is 4.74 Å². The Morgan fingerprint density at radius 1 is 1.12 bits per heavy atom. The molecule has 24 heavy (non-hydrogen) atoms. The molecule has 1 aliphatic heterocycles. The molecule has 3 aromatic rings. The maximum Gasteiger partial charge on any atom is 0.231 e. The first-order chi connectivity index (χ1) is 11.6. The summed E-state index contributed by atoms with van der Waals surface area (Å²) in [6.07, 6.45) is 0. The Morgan fingerprint density at radius 3 is 2.54 bits per heavy atom. The number of benzene rings is 1. The van der Waals surface area contributed by atoms with Crippen LogP contribution in [0.15, 0.2) is 34.7 Å². The standard InChI is InChI=1S/C19H21N3O2/c1-11-8-17-18(21-13(3)22-19(17)24-11)20-12(2)14-4-6-15(7-5-14)16-9-23-10-16/h4-8,12,16H,9-10H2,1-3H3,(H,20,21,22)/t12-/m0/s1. The average Bonchev–Trinajstić information content (AvgIpc) is 2.86. The second kappa shape index (κ2) is 5.91. The zero-order valence-electron chi connectivity index (χ0n) is 14.2. The van der Waals surface area contributed by atoms with Crippen LogP contribution in [0.2, 0.25) is 0 Å². The molecule has 5 nitrogen and oxygen atoms in total. The van der Waals surface area contributed by atoms with Crippen molar-refractivity contribution in [2.24, 2.45) is 0 Å². The van der Waals surface area contributed by atoms with E-state index < -0.39 is 0 Å². The zero-order chi connectivity index (χ0) is 16.7. The van der Waals surface area contributed by atoms with Gasteiger partial charge in [0.05, 0.1) is 18.6 Å². The van der Waals surface area contributed by atoms with E-state index in [9.17, 15) is 0 Å². The molecule has 0 spiro atoms. The van der Waals surface area contributed by atoms with E-state index in [1.165, 1.54) is 11.1 Å². The predicted molar refractivity (Wildman–Crippen MR) is 93.3 cm³/mol. The van der Waals surface area contributed by atoms with Crippen molar-refractivity contribution in [3.8, 4) is 0 Å². The number of rotatable bonds is 4. The van der Waals surface area contributed by atoms with E-state index in [0.29, 0.717) is 17.5 Å². The van der Waals surface area contributed by atoms with Gasteiger partial charge in [0.25, 0.3) is 0 Å². The van der Waals surface area contributed by atoms with Crippen LogP contribution in [0, 0.1) is 13.8 Å². The van der Waals surface area contributed by atoms with Gasteiger partial charge in [0, 0.05) is 12.0 Å². The first kappa shape index (κ1) is 15.1. The molecule has 3 heterocycles. The van der Waals surface area contributed by atoms with Crippen molar-refractivity contribution in [2.75, 3.05) is 18.5 Å². The van der Waals surface area contributed by atoms with E-state index >= 15 is 0 Å². The third kappa shape index (κ3) is 2.76. The highest BCUT2D eigenvalue weighted by molar-refractivity contribution is 5.86. The lowest BCUT2D eigenvalue weighted by molar-refractivity contribution is 0.00841. The summed E-state index contributed by atoms with van der Waals surface area (Å²) in [6.45, 7) is 7.61. The van der Waals surface area contributed by atoms with Gasteiger partial charge >= 0.3 is 0 Å². The minimum Gasteiger partial charge on any atom is -0.443 e. The number of nitrogens with one attached hydrogen (secondary N) is 1. The molecule has 1 aliphatic rings. The normalized spacial score (nSPS) is 16.1. The molecule has 1 aromatic carbocycles. The molecule has 1 fully saturated rings. The predicted octanol–water partition coefficient (Wildman–Crippen LogP) is 4.13. The fourth-order valence-corrected chi connectivity index (χ4v) is 3.03. The fraction of sp³-hybridized carbons (Fsp3) is 0.368. The Hall–Kier alpha value is -2.40. The zero-order valence-corrected chi connectivity index (χ0v) is 14.2. The number of aromatic nitrogens is 2. The van der Waals surface area contributed by atoms with Gasteiger partial charge < -0.3 is 14.5 Å². The second-order valence-corrected chi connectivity index (χ2v) is 6.46. The molecule has 5 heteroatoms. The fourth-order valence-electron chi connectivity index (χ4n) is 3.03. The first-order valence-corrected chi connectivity index (χ1v) is 8.29. The van der Waals surface area contributed by atoms with Gasteiger partial charge in [-0.05, 0) is 38.0 Å². The third-order valence-corrected chi connectivity index (χ3v) is 4.53. The SMILES string of the molecule is Cc1nc(N[C@@H](C)c2ccc(C3COC3)cc2)c2cc(C)oc2n1. The number of ether oxygens (including phenoxy) is 1. The molecule has 0 amide bonds. The maximum atomic E-state index is 5.63. The van der Waals surface area contributed by atoms with Crippen LogP contribution in [0.1, 0.15) is 41.6 Å². The lowest BCUT2D eigenvalue weighted by Crippen LogP contribution is -2.25. The van der Waals surface area contributed by atoms with Crippen LogP contribution in [0.25, 0.3) is 11.1 Å². The largest absolute Gasteiger partial charge is 0.443 e. The summed E-state index contributed by atoms with van der Waals surface area (Å²) in [5.74, 6) is 2.92. The second-order valence-electron chi connectivity index (χ2n) is 6.46. The number of anilines is 1. The van der Waals surface area contributed by atoms with Gasteiger partial charge in [-0.3, -0.25) is 0 Å². The molecule has 1 atom stereocenters. The molecule has 1 saturated heterocycles. The Labute approximate surface area is 141 Å². The lowest BCUT2D eigenvalue weighted by Gasteiger charge is -2.26. The van der Waals surface area contributed by atoms with E-state index in [0.717, 1.165) is 30.2 Å². The van der Waals surface area contributed by atoms with Gasteiger partial charge in [-0.25, -0.2) is 4.98 Å². The van der Waals surface area contributed by atoms with E-state index in [1.807, 2.05) is 19.9 Å². The molecular weight excluding hydrogens is 302 g/mol. The smallest absolute Gasteiger partial charge is 0.231 e. The molecule has 0 aliphatic carbocycles. The molecule has 4 rings (SSSR count). The molecule has 2 aromatic heterocycles. The van der Waals surface area contributed by atoms with Crippen LogP contribution in [0.3, 0.4) is 0 Å². The van der Waals surface area contributed by atoms with Crippen LogP contribution < -0.4 is 5.32 Å². The highest BCUT2D eigenvalue weighted by Crippen LogP contribution is 2.29. The molecule has 0 radical (unpaired) electrons. The summed E-state index contributed by atoms with van der Waals surface area (Å²) in [4.78, 5) is 8.90. The van der Waals surface area contributed by atoms with Crippen molar-refractivity contribution in [3.05, 3.63) is 53.0 Å². The molecular formula is C19H21N3O2. The van der Waals surface area contributed by atoms with Crippen molar-refractivity contribution < 1.29 is 9.15 Å². The highest BCUT2D eigenvalue weighted by atomic mass is 16.5. The van der Waals surface area contributed by atoms with E-state index in [2.05, 4.69) is 46.5 Å². The highest BCUT2D eigenvalue weighted by Gasteiger charge is 2.20. The van der Waals surface area contributed by atoms with Crippen LogP contribution >= 0.6 is 0 Å². The number of aryl methyl sites for hydroxylation is 2. The summed E-state index contributed by atoms with van der Waals surface area (Å²) < 4.78 is 10.9. The number of hydrogen-bond acceptors (Lipinski definition) is 5. The van der Waals surface area contributed by atoms with Crippen LogP contribution in [-0.4, -0.2) is 23.2 Å². The molecule has 0 saturated carbocycles. The Balaban J connectivity index is 1.58. The van der Waals surface area contributed by atoms with Crippen molar-refractivity contribution in [2.45, 2.75) is 32.7 Å². The van der Waals surface area contributed by atoms with E-state index in [1.54, 1.807) is 0 Å². The Kier molecular flexibility index (Phi) is 3.73. The van der Waals surface area contributed by atoms with Crippen LogP contribution in [0.5, 0.6) is 0 Å². The number of nitrogens with zero attached hydrogens (tertiary/aromatic N) is 2. The quantitative estimate of drug-likeness (QED) is 0.782. The summed E-state index contributed by atoms with van der Waals surface area (Å²) in [5.41, 5.74) is 3.21. The van der Waals surface area contributed by atoms with Crippen molar-refractivity contribution in [3.63, 3.8) is 0 Å². The summed E-state index contributed by atoms with van der Waals surface area (Å²) in [5, 5.41) is 4.42. The number of hydrogen-bond donors (Lipinski definition) is 1. The summed E-state index contributed by atoms with van der Waals surface area (Å²) in [7, 11) is 0. The van der Waals surface area contributed by atoms with E-state index in [4.69, 9.17) is 9.15 Å². The third-order valence-electron chi connectivity index (χ3n) is 4.53. The average molecular weight is 323 g/mol. The number of furan rings is 1. The minimum absolute atomic E-state index is 0.143. The van der Waals surface area contributed by atoms with Crippen molar-refractivity contribution in [1.29, 1.82) is 0 Å². The topological polar surface area (TPSA) is 60.2 Å². The van der Waals surface area contributed by atoms with Gasteiger partial charge in [-0.2, -0.15) is 4.98 Å². The van der Waals surface area contributed by atoms with E-state index in [-0.39, 0.29) is 6.04 Å². The van der Waals surface area contributed by atoms with Crippen molar-refractivity contribution >= 4 is 16.9 Å². The summed E-state index contributed by atoms with van der Waals surface area (Å²) in [6, 6.07) is 10.9. The van der Waals surface area contributed by atoms with Gasteiger partial charge in [-0.1, -0.05) is 24.3 Å². The molecule has 124 valence electrons. The monoisotopic (exact) mass is 323 g/mol. The maximum absolute atomic E-state index is 5.63. The number of fused-ring (bicyclic) bond motifs is 1. The lowest BCUT2D eigenvalue weighted by atomic mass is 9.95. The van der Waals surface area contributed by atoms with Gasteiger partial charge in [0.2, 0.25) is 5.71 Å². The first-order valence-electron chi connectivity index (χ1n) is 8.29. The Morgan fingerprint density at radius 2 is 1.88 bits per heavy atom. The molecule has 0 bridgehead atoms. The summed E-state index contributed by atoms with van der Waals surface area (Å²) >= 11 is 0. The van der Waals surface area contributed by atoms with Gasteiger partial charge in [-0.15, -0.1) is 0 Å². The van der Waals surface area contributed by atoms with Gasteiger partial charge in [0.15, 0.2) is 0 Å². The minimum atomic E-state index is 0.143. The van der Waals surface area contributed by atoms with Crippen molar-refractivity contribution in [1.82, 2.24) is 9.97 Å². The Bertz CT molecular complexity index is 866.